The van der Waals surface area contributed by atoms with Gasteiger partial charge < -0.3 is 4.42 Å². The van der Waals surface area contributed by atoms with E-state index in [-0.39, 0.29) is 5.41 Å². The van der Waals surface area contributed by atoms with Gasteiger partial charge in [-0.1, -0.05) is 49.7 Å². The molecule has 2 atom stereocenters. The Morgan fingerprint density at radius 3 is 2.62 bits per heavy atom. The Morgan fingerprint density at radius 2 is 1.76 bits per heavy atom. The van der Waals surface area contributed by atoms with Crippen molar-refractivity contribution in [1.29, 1.82) is 0 Å². The average molecular weight is 295 g/mol. The van der Waals surface area contributed by atoms with Crippen LogP contribution in [0.5, 0.6) is 0 Å². The lowest BCUT2D eigenvalue weighted by Crippen LogP contribution is -2.14. The molecule has 2 aromatic carbocycles. The van der Waals surface area contributed by atoms with Gasteiger partial charge in [-0.3, -0.25) is 0 Å². The minimum absolute atomic E-state index is 0.257. The third-order valence-electron chi connectivity index (χ3n) is 5.42. The number of fused-ring (bicyclic) bond motifs is 9. The molecule has 0 saturated carbocycles. The van der Waals surface area contributed by atoms with Crippen LogP contribution in [0.15, 0.2) is 46.9 Å². The number of halogens is 1. The van der Waals surface area contributed by atoms with Gasteiger partial charge >= 0.3 is 0 Å². The van der Waals surface area contributed by atoms with Crippen molar-refractivity contribution in [3.05, 3.63) is 58.6 Å². The zero-order valence-electron chi connectivity index (χ0n) is 12.0. The highest BCUT2D eigenvalue weighted by Crippen LogP contribution is 2.62. The molecular formula is C19H15ClO. The molecule has 2 unspecified atom stereocenters. The monoisotopic (exact) mass is 294 g/mol. The molecule has 5 rings (SSSR count). The summed E-state index contributed by atoms with van der Waals surface area (Å²) in [5.74, 6) is 0.968. The van der Waals surface area contributed by atoms with Gasteiger partial charge in [-0.2, -0.15) is 0 Å². The van der Waals surface area contributed by atoms with E-state index in [9.17, 15) is 0 Å². The van der Waals surface area contributed by atoms with Gasteiger partial charge in [0, 0.05) is 39.3 Å². The zero-order chi connectivity index (χ0) is 14.4. The van der Waals surface area contributed by atoms with Crippen LogP contribution >= 0.6 is 11.6 Å². The molecule has 0 spiro atoms. The Morgan fingerprint density at radius 1 is 1.00 bits per heavy atom. The summed E-state index contributed by atoms with van der Waals surface area (Å²) in [7, 11) is 0. The van der Waals surface area contributed by atoms with E-state index >= 15 is 0 Å². The Hall–Kier alpha value is -1.73. The van der Waals surface area contributed by atoms with E-state index < -0.39 is 0 Å². The summed E-state index contributed by atoms with van der Waals surface area (Å²) in [6.45, 7) is 4.71. The van der Waals surface area contributed by atoms with E-state index in [0.717, 1.165) is 21.6 Å². The van der Waals surface area contributed by atoms with Crippen LogP contribution in [-0.2, 0) is 0 Å². The smallest absolute Gasteiger partial charge is 0.139 e. The first-order valence-electron chi connectivity index (χ1n) is 7.40. The highest BCUT2D eigenvalue weighted by Gasteiger charge is 2.49. The summed E-state index contributed by atoms with van der Waals surface area (Å²) in [6, 6.07) is 10.4. The van der Waals surface area contributed by atoms with Crippen molar-refractivity contribution in [2.75, 3.05) is 0 Å². The van der Waals surface area contributed by atoms with Crippen LogP contribution in [0.4, 0.5) is 0 Å². The molecule has 0 saturated heterocycles. The minimum atomic E-state index is 0.257. The van der Waals surface area contributed by atoms with Crippen molar-refractivity contribution in [2.24, 2.45) is 5.41 Å². The molecular weight excluding hydrogens is 280 g/mol. The third kappa shape index (κ3) is 1.29. The Kier molecular flexibility index (Phi) is 2.00. The van der Waals surface area contributed by atoms with Gasteiger partial charge in [0.1, 0.15) is 11.2 Å². The molecule has 104 valence electrons. The lowest BCUT2D eigenvalue weighted by atomic mass is 9.79. The fraction of sp³-hybridized carbons (Fsp3) is 0.263. The molecule has 21 heavy (non-hydrogen) atoms. The SMILES string of the molecule is CC1(C)C2C=CC1c1c2ccc2c1oc1cc(Cl)ccc12. The number of rotatable bonds is 0. The maximum Gasteiger partial charge on any atom is 0.139 e. The lowest BCUT2D eigenvalue weighted by Gasteiger charge is -2.24. The van der Waals surface area contributed by atoms with Crippen LogP contribution in [-0.4, -0.2) is 0 Å². The first-order chi connectivity index (χ1) is 10.1. The second kappa shape index (κ2) is 3.53. The molecule has 2 aliphatic carbocycles. The minimum Gasteiger partial charge on any atom is -0.456 e. The Labute approximate surface area is 128 Å². The fourth-order valence-electron chi connectivity index (χ4n) is 4.33. The van der Waals surface area contributed by atoms with Crippen LogP contribution in [0.1, 0.15) is 36.8 Å². The summed E-state index contributed by atoms with van der Waals surface area (Å²) in [6.07, 6.45) is 4.71. The van der Waals surface area contributed by atoms with E-state index in [1.165, 1.54) is 16.5 Å². The third-order valence-corrected chi connectivity index (χ3v) is 5.66. The molecule has 0 N–H and O–H groups in total. The topological polar surface area (TPSA) is 13.1 Å². The van der Waals surface area contributed by atoms with Crippen LogP contribution < -0.4 is 0 Å². The van der Waals surface area contributed by atoms with Gasteiger partial charge in [0.25, 0.3) is 0 Å². The number of benzene rings is 2. The van der Waals surface area contributed by atoms with Gasteiger partial charge in [0.05, 0.1) is 0 Å². The van der Waals surface area contributed by atoms with Crippen molar-refractivity contribution in [3.63, 3.8) is 0 Å². The summed E-state index contributed by atoms with van der Waals surface area (Å²) in [5, 5.41) is 3.08. The van der Waals surface area contributed by atoms with E-state index in [1.54, 1.807) is 0 Å². The van der Waals surface area contributed by atoms with E-state index in [1.807, 2.05) is 12.1 Å². The van der Waals surface area contributed by atoms with Crippen LogP contribution in [0.25, 0.3) is 21.9 Å². The second-order valence-electron chi connectivity index (χ2n) is 6.85. The number of furan rings is 1. The fourth-order valence-corrected chi connectivity index (χ4v) is 4.49. The van der Waals surface area contributed by atoms with E-state index in [2.05, 4.69) is 44.2 Å². The van der Waals surface area contributed by atoms with Crippen LogP contribution in [0.3, 0.4) is 0 Å². The normalized spacial score (nSPS) is 25.1. The van der Waals surface area contributed by atoms with Crippen molar-refractivity contribution >= 4 is 33.5 Å². The molecule has 0 amide bonds. The van der Waals surface area contributed by atoms with E-state index in [4.69, 9.17) is 16.0 Å². The van der Waals surface area contributed by atoms with Gasteiger partial charge in [0.2, 0.25) is 0 Å². The predicted octanol–water partition coefficient (Wildman–Crippen LogP) is 6.02. The zero-order valence-corrected chi connectivity index (χ0v) is 12.7. The van der Waals surface area contributed by atoms with Crippen molar-refractivity contribution in [2.45, 2.75) is 25.7 Å². The molecule has 2 heteroatoms. The van der Waals surface area contributed by atoms with Crippen molar-refractivity contribution in [1.82, 2.24) is 0 Å². The molecule has 1 aromatic heterocycles. The molecule has 1 heterocycles. The summed E-state index contributed by atoms with van der Waals surface area (Å²) in [4.78, 5) is 0. The molecule has 3 aromatic rings. The van der Waals surface area contributed by atoms with Gasteiger partial charge in [0.15, 0.2) is 0 Å². The highest BCUT2D eigenvalue weighted by atomic mass is 35.5. The van der Waals surface area contributed by atoms with E-state index in [0.29, 0.717) is 11.8 Å². The molecule has 1 nitrogen and oxygen atoms in total. The number of hydrogen-bond donors (Lipinski definition) is 0. The van der Waals surface area contributed by atoms with Gasteiger partial charge in [-0.15, -0.1) is 0 Å². The van der Waals surface area contributed by atoms with Crippen molar-refractivity contribution < 1.29 is 4.42 Å². The standard InChI is InChI=1S/C19H15ClO/c1-19(2)14-7-8-15(19)17-13(14)6-5-12-11-4-3-10(20)9-16(11)21-18(12)17/h3-9,14-15H,1-2H3. The van der Waals surface area contributed by atoms with Crippen LogP contribution in [0, 0.1) is 5.41 Å². The van der Waals surface area contributed by atoms with Crippen LogP contribution in [0.2, 0.25) is 5.02 Å². The maximum atomic E-state index is 6.20. The summed E-state index contributed by atoms with van der Waals surface area (Å²) >= 11 is 6.10. The van der Waals surface area contributed by atoms with Gasteiger partial charge in [-0.05, 0) is 23.1 Å². The molecule has 0 aliphatic heterocycles. The Bertz CT molecular complexity index is 945. The number of allylic oxidation sites excluding steroid dienone is 2. The summed E-state index contributed by atoms with van der Waals surface area (Å²) < 4.78 is 6.20. The second-order valence-corrected chi connectivity index (χ2v) is 7.29. The Balaban J connectivity index is 1.92. The molecule has 2 aliphatic rings. The quantitative estimate of drug-likeness (QED) is 0.462. The maximum absolute atomic E-state index is 6.20. The largest absolute Gasteiger partial charge is 0.456 e. The average Bonchev–Trinajstić information content (AvgIpc) is 3.03. The summed E-state index contributed by atoms with van der Waals surface area (Å²) in [5.41, 5.74) is 5.01. The van der Waals surface area contributed by atoms with Crippen molar-refractivity contribution in [3.8, 4) is 0 Å². The predicted molar refractivity (Wildman–Crippen MR) is 87.1 cm³/mol. The number of hydrogen-bond acceptors (Lipinski definition) is 1. The highest BCUT2D eigenvalue weighted by molar-refractivity contribution is 6.31. The molecule has 0 radical (unpaired) electrons. The molecule has 2 bridgehead atoms. The lowest BCUT2D eigenvalue weighted by molar-refractivity contribution is 0.343. The first kappa shape index (κ1) is 11.9. The van der Waals surface area contributed by atoms with Gasteiger partial charge in [-0.25, -0.2) is 0 Å². The first-order valence-corrected chi connectivity index (χ1v) is 7.78. The molecule has 0 fully saturated rings.